The third-order valence-electron chi connectivity index (χ3n) is 2.18. The van der Waals surface area contributed by atoms with Crippen LogP contribution in [0.25, 0.3) is 0 Å². The van der Waals surface area contributed by atoms with Crippen molar-refractivity contribution >= 4 is 11.9 Å². The lowest BCUT2D eigenvalue weighted by atomic mass is 10.2. The highest BCUT2D eigenvalue weighted by molar-refractivity contribution is 5.90. The SMILES string of the molecule is N#Cc1ccccc1OCC(=O)Nc1ncccn1. The molecule has 2 aromatic rings. The second-order valence-electron chi connectivity index (χ2n) is 3.52. The van der Waals surface area contributed by atoms with E-state index >= 15 is 0 Å². The summed E-state index contributed by atoms with van der Waals surface area (Å²) in [6, 6.07) is 10.3. The summed E-state index contributed by atoms with van der Waals surface area (Å²) in [7, 11) is 0. The summed E-state index contributed by atoms with van der Waals surface area (Å²) in [5.41, 5.74) is 0.381. The molecule has 0 unspecified atom stereocenters. The molecule has 6 nitrogen and oxygen atoms in total. The zero-order valence-corrected chi connectivity index (χ0v) is 9.91. The molecule has 0 atom stereocenters. The Balaban J connectivity index is 1.92. The molecule has 1 heterocycles. The topological polar surface area (TPSA) is 87.9 Å². The van der Waals surface area contributed by atoms with Crippen molar-refractivity contribution in [2.24, 2.45) is 0 Å². The highest BCUT2D eigenvalue weighted by Crippen LogP contribution is 2.16. The monoisotopic (exact) mass is 254 g/mol. The van der Waals surface area contributed by atoms with Crippen LogP contribution in [0.3, 0.4) is 0 Å². The van der Waals surface area contributed by atoms with Crippen molar-refractivity contribution in [1.82, 2.24) is 9.97 Å². The maximum atomic E-state index is 11.6. The molecule has 1 aromatic carbocycles. The summed E-state index contributed by atoms with van der Waals surface area (Å²) in [4.78, 5) is 19.3. The molecule has 0 aliphatic rings. The molecular formula is C13H10N4O2. The van der Waals surface area contributed by atoms with Crippen molar-refractivity contribution in [3.63, 3.8) is 0 Å². The van der Waals surface area contributed by atoms with Crippen LogP contribution in [0.2, 0.25) is 0 Å². The van der Waals surface area contributed by atoms with Gasteiger partial charge in [-0.2, -0.15) is 5.26 Å². The second kappa shape index (κ2) is 6.12. The summed E-state index contributed by atoms with van der Waals surface area (Å²) >= 11 is 0. The van der Waals surface area contributed by atoms with Crippen LogP contribution in [0, 0.1) is 11.3 Å². The first-order valence-corrected chi connectivity index (χ1v) is 5.48. The smallest absolute Gasteiger partial charge is 0.264 e. The first-order chi connectivity index (χ1) is 9.29. The number of nitrogens with one attached hydrogen (secondary N) is 1. The number of nitrogens with zero attached hydrogens (tertiary/aromatic N) is 3. The lowest BCUT2D eigenvalue weighted by molar-refractivity contribution is -0.118. The molecular weight excluding hydrogens is 244 g/mol. The zero-order valence-electron chi connectivity index (χ0n) is 9.91. The Morgan fingerprint density at radius 3 is 2.74 bits per heavy atom. The van der Waals surface area contributed by atoms with E-state index in [1.165, 1.54) is 12.4 Å². The van der Waals surface area contributed by atoms with Gasteiger partial charge in [-0.25, -0.2) is 9.97 Å². The number of anilines is 1. The number of hydrogen-bond donors (Lipinski definition) is 1. The van der Waals surface area contributed by atoms with E-state index in [0.717, 1.165) is 0 Å². The Morgan fingerprint density at radius 2 is 2.00 bits per heavy atom. The van der Waals surface area contributed by atoms with Crippen LogP contribution in [0.5, 0.6) is 5.75 Å². The van der Waals surface area contributed by atoms with Crippen LogP contribution < -0.4 is 10.1 Å². The van der Waals surface area contributed by atoms with Crippen LogP contribution in [-0.4, -0.2) is 22.5 Å². The molecule has 0 spiro atoms. The number of ether oxygens (including phenoxy) is 1. The number of carbonyl (C=O) groups is 1. The normalized spacial score (nSPS) is 9.42. The van der Waals surface area contributed by atoms with Crippen molar-refractivity contribution in [3.8, 4) is 11.8 Å². The summed E-state index contributed by atoms with van der Waals surface area (Å²) in [6.45, 7) is -0.211. The van der Waals surface area contributed by atoms with E-state index in [4.69, 9.17) is 10.00 Å². The molecule has 1 aromatic heterocycles. The molecule has 1 amide bonds. The van der Waals surface area contributed by atoms with E-state index in [1.54, 1.807) is 30.3 Å². The van der Waals surface area contributed by atoms with Gasteiger partial charge in [-0.15, -0.1) is 0 Å². The van der Waals surface area contributed by atoms with Gasteiger partial charge in [0.05, 0.1) is 5.56 Å². The predicted octanol–water partition coefficient (Wildman–Crippen LogP) is 1.37. The number of hydrogen-bond acceptors (Lipinski definition) is 5. The Labute approximate surface area is 109 Å². The Morgan fingerprint density at radius 1 is 1.26 bits per heavy atom. The van der Waals surface area contributed by atoms with Gasteiger partial charge in [0.2, 0.25) is 5.95 Å². The van der Waals surface area contributed by atoms with E-state index in [9.17, 15) is 4.79 Å². The van der Waals surface area contributed by atoms with Crippen molar-refractivity contribution in [3.05, 3.63) is 48.3 Å². The maximum absolute atomic E-state index is 11.6. The third kappa shape index (κ3) is 3.51. The summed E-state index contributed by atoms with van der Waals surface area (Å²) in [5, 5.41) is 11.3. The first-order valence-electron chi connectivity index (χ1n) is 5.48. The Hall–Kier alpha value is -2.94. The highest BCUT2D eigenvalue weighted by atomic mass is 16.5. The molecule has 0 saturated heterocycles. The molecule has 0 saturated carbocycles. The van der Waals surface area contributed by atoms with Crippen LogP contribution in [0.4, 0.5) is 5.95 Å². The molecule has 0 aliphatic heterocycles. The average molecular weight is 254 g/mol. The van der Waals surface area contributed by atoms with Gasteiger partial charge in [-0.3, -0.25) is 10.1 Å². The van der Waals surface area contributed by atoms with Crippen LogP contribution in [0.15, 0.2) is 42.7 Å². The van der Waals surface area contributed by atoms with E-state index in [-0.39, 0.29) is 18.5 Å². The average Bonchev–Trinajstić information content (AvgIpc) is 2.46. The number of para-hydroxylation sites is 1. The van der Waals surface area contributed by atoms with Gasteiger partial charge in [0.1, 0.15) is 11.8 Å². The first kappa shape index (κ1) is 12.5. The number of aromatic nitrogens is 2. The molecule has 2 rings (SSSR count). The second-order valence-corrected chi connectivity index (χ2v) is 3.52. The standard InChI is InChI=1S/C13H10N4O2/c14-8-10-4-1-2-5-11(10)19-9-12(18)17-13-15-6-3-7-16-13/h1-7H,9H2,(H,15,16,17,18). The fourth-order valence-electron chi connectivity index (χ4n) is 1.35. The van der Waals surface area contributed by atoms with Crippen LogP contribution in [-0.2, 0) is 4.79 Å². The molecule has 0 aliphatic carbocycles. The fourth-order valence-corrected chi connectivity index (χ4v) is 1.35. The van der Waals surface area contributed by atoms with Gasteiger partial charge >= 0.3 is 0 Å². The van der Waals surface area contributed by atoms with Crippen LogP contribution >= 0.6 is 0 Å². The molecule has 0 fully saturated rings. The zero-order chi connectivity index (χ0) is 13.5. The Bertz CT molecular complexity index is 608. The van der Waals surface area contributed by atoms with Crippen LogP contribution in [0.1, 0.15) is 5.56 Å². The number of carbonyl (C=O) groups excluding carboxylic acids is 1. The number of amides is 1. The van der Waals surface area contributed by atoms with E-state index < -0.39 is 0 Å². The molecule has 6 heteroatoms. The lowest BCUT2D eigenvalue weighted by Gasteiger charge is -2.07. The van der Waals surface area contributed by atoms with Gasteiger partial charge in [0, 0.05) is 12.4 Å². The number of nitriles is 1. The quantitative estimate of drug-likeness (QED) is 0.890. The van der Waals surface area contributed by atoms with Crippen molar-refractivity contribution in [2.75, 3.05) is 11.9 Å². The molecule has 1 N–H and O–H groups in total. The molecule has 0 radical (unpaired) electrons. The van der Waals surface area contributed by atoms with E-state index in [2.05, 4.69) is 15.3 Å². The van der Waals surface area contributed by atoms with Crippen molar-refractivity contribution in [1.29, 1.82) is 5.26 Å². The Kier molecular flexibility index (Phi) is 4.03. The maximum Gasteiger partial charge on any atom is 0.264 e. The van der Waals surface area contributed by atoms with Gasteiger partial charge in [0.15, 0.2) is 6.61 Å². The summed E-state index contributed by atoms with van der Waals surface area (Å²) < 4.78 is 5.27. The number of rotatable bonds is 4. The van der Waals surface area contributed by atoms with Gasteiger partial charge in [-0.05, 0) is 18.2 Å². The van der Waals surface area contributed by atoms with Gasteiger partial charge < -0.3 is 4.74 Å². The number of benzene rings is 1. The van der Waals surface area contributed by atoms with Crippen molar-refractivity contribution in [2.45, 2.75) is 0 Å². The molecule has 0 bridgehead atoms. The predicted molar refractivity (Wildman–Crippen MR) is 67.3 cm³/mol. The molecule has 19 heavy (non-hydrogen) atoms. The van der Waals surface area contributed by atoms with Gasteiger partial charge in [-0.1, -0.05) is 12.1 Å². The van der Waals surface area contributed by atoms with Crippen molar-refractivity contribution < 1.29 is 9.53 Å². The van der Waals surface area contributed by atoms with Gasteiger partial charge in [0.25, 0.3) is 5.91 Å². The minimum absolute atomic E-state index is 0.211. The largest absolute Gasteiger partial charge is 0.482 e. The third-order valence-corrected chi connectivity index (χ3v) is 2.18. The molecule has 94 valence electrons. The van der Waals surface area contributed by atoms with E-state index in [1.807, 2.05) is 6.07 Å². The lowest BCUT2D eigenvalue weighted by Crippen LogP contribution is -2.21. The minimum atomic E-state index is -0.390. The van der Waals surface area contributed by atoms with E-state index in [0.29, 0.717) is 11.3 Å². The fraction of sp³-hybridized carbons (Fsp3) is 0.0769. The summed E-state index contributed by atoms with van der Waals surface area (Å²) in [6.07, 6.45) is 3.04. The minimum Gasteiger partial charge on any atom is -0.482 e. The summed E-state index contributed by atoms with van der Waals surface area (Å²) in [5.74, 6) is 0.192. The highest BCUT2D eigenvalue weighted by Gasteiger charge is 2.07.